The first-order valence-corrected chi connectivity index (χ1v) is 7.71. The van der Waals surface area contributed by atoms with E-state index in [0.717, 1.165) is 5.75 Å². The van der Waals surface area contributed by atoms with Crippen molar-refractivity contribution in [1.29, 1.82) is 0 Å². The van der Waals surface area contributed by atoms with E-state index in [9.17, 15) is 0 Å². The molecule has 1 N–H and O–H groups in total. The Morgan fingerprint density at radius 3 is 2.52 bits per heavy atom. The second kappa shape index (κ2) is 6.31. The van der Waals surface area contributed by atoms with E-state index in [1.807, 2.05) is 6.07 Å². The van der Waals surface area contributed by atoms with Crippen LogP contribution in [0.2, 0.25) is 0 Å². The van der Waals surface area contributed by atoms with Gasteiger partial charge in [-0.05, 0) is 48.9 Å². The summed E-state index contributed by atoms with van der Waals surface area (Å²) in [5, 5.41) is 3.73. The highest BCUT2D eigenvalue weighted by Gasteiger charge is 2.31. The third-order valence-electron chi connectivity index (χ3n) is 4.49. The van der Waals surface area contributed by atoms with Crippen molar-refractivity contribution in [2.45, 2.75) is 37.8 Å². The Labute approximate surface area is 127 Å². The predicted molar refractivity (Wildman–Crippen MR) is 86.7 cm³/mol. The highest BCUT2D eigenvalue weighted by Crippen LogP contribution is 2.38. The molecule has 1 atom stereocenters. The first-order valence-electron chi connectivity index (χ1n) is 7.71. The second-order valence-electron chi connectivity index (χ2n) is 5.94. The summed E-state index contributed by atoms with van der Waals surface area (Å²) in [5.41, 5.74) is 2.77. The van der Waals surface area contributed by atoms with Crippen LogP contribution in [0, 0.1) is 0 Å². The van der Waals surface area contributed by atoms with Gasteiger partial charge in [-0.1, -0.05) is 42.5 Å². The summed E-state index contributed by atoms with van der Waals surface area (Å²) in [5.74, 6) is 1.63. The fourth-order valence-corrected chi connectivity index (χ4v) is 3.11. The Bertz CT molecular complexity index is 575. The molecule has 1 saturated carbocycles. The van der Waals surface area contributed by atoms with Crippen LogP contribution < -0.4 is 10.1 Å². The van der Waals surface area contributed by atoms with E-state index >= 15 is 0 Å². The van der Waals surface area contributed by atoms with E-state index in [0.29, 0.717) is 18.0 Å². The van der Waals surface area contributed by atoms with Gasteiger partial charge >= 0.3 is 0 Å². The topological polar surface area (TPSA) is 21.3 Å². The lowest BCUT2D eigenvalue weighted by Gasteiger charge is -2.38. The van der Waals surface area contributed by atoms with Gasteiger partial charge in [0.25, 0.3) is 0 Å². The monoisotopic (exact) mass is 281 g/mol. The summed E-state index contributed by atoms with van der Waals surface area (Å²) in [6.07, 6.45) is 2.43. The maximum Gasteiger partial charge on any atom is 0.119 e. The van der Waals surface area contributed by atoms with Crippen LogP contribution in [0.5, 0.6) is 5.75 Å². The van der Waals surface area contributed by atoms with Gasteiger partial charge < -0.3 is 10.1 Å². The van der Waals surface area contributed by atoms with E-state index < -0.39 is 0 Å². The van der Waals surface area contributed by atoms with E-state index in [2.05, 4.69) is 60.8 Å². The molecule has 0 saturated heterocycles. The molecule has 0 aromatic heterocycles. The zero-order valence-electron chi connectivity index (χ0n) is 12.8. The van der Waals surface area contributed by atoms with Crippen molar-refractivity contribution in [3.8, 4) is 5.75 Å². The molecule has 2 nitrogen and oxygen atoms in total. The Hall–Kier alpha value is -1.80. The number of benzene rings is 2. The summed E-state index contributed by atoms with van der Waals surface area (Å²) < 4.78 is 5.31. The number of rotatable bonds is 5. The molecule has 0 unspecified atom stereocenters. The number of nitrogens with one attached hydrogen (secondary N) is 1. The summed E-state index contributed by atoms with van der Waals surface area (Å²) >= 11 is 0. The molecule has 2 aromatic rings. The lowest BCUT2D eigenvalue weighted by atomic mass is 9.75. The Morgan fingerprint density at radius 2 is 1.81 bits per heavy atom. The van der Waals surface area contributed by atoms with Crippen LogP contribution in [-0.2, 0) is 0 Å². The normalized spacial score (nSPS) is 22.4. The zero-order valence-corrected chi connectivity index (χ0v) is 12.8. The quantitative estimate of drug-likeness (QED) is 0.882. The maximum atomic E-state index is 5.31. The third-order valence-corrected chi connectivity index (χ3v) is 4.49. The smallest absolute Gasteiger partial charge is 0.119 e. The Morgan fingerprint density at radius 1 is 1.05 bits per heavy atom. The van der Waals surface area contributed by atoms with Crippen molar-refractivity contribution < 1.29 is 4.74 Å². The molecule has 1 aliphatic carbocycles. The van der Waals surface area contributed by atoms with Gasteiger partial charge in [-0.15, -0.1) is 0 Å². The molecule has 2 aromatic carbocycles. The van der Waals surface area contributed by atoms with Gasteiger partial charge in [0, 0.05) is 12.1 Å². The molecule has 0 spiro atoms. The first kappa shape index (κ1) is 14.2. The van der Waals surface area contributed by atoms with Crippen molar-refractivity contribution in [3.63, 3.8) is 0 Å². The molecule has 0 aliphatic heterocycles. The van der Waals surface area contributed by atoms with Crippen molar-refractivity contribution in [1.82, 2.24) is 5.32 Å². The minimum atomic E-state index is 0.419. The second-order valence-corrected chi connectivity index (χ2v) is 5.94. The summed E-state index contributed by atoms with van der Waals surface area (Å²) in [6, 6.07) is 20.2. The number of methoxy groups -OCH3 is 1. The minimum absolute atomic E-state index is 0.419. The maximum absolute atomic E-state index is 5.31. The van der Waals surface area contributed by atoms with Gasteiger partial charge in [0.1, 0.15) is 5.75 Å². The molecule has 0 heterocycles. The lowest BCUT2D eigenvalue weighted by Crippen LogP contribution is -2.41. The Kier molecular flexibility index (Phi) is 4.26. The predicted octanol–water partition coefficient (Wildman–Crippen LogP) is 4.29. The summed E-state index contributed by atoms with van der Waals surface area (Å²) in [7, 11) is 1.73. The summed E-state index contributed by atoms with van der Waals surface area (Å²) in [4.78, 5) is 0. The fourth-order valence-electron chi connectivity index (χ4n) is 3.11. The van der Waals surface area contributed by atoms with Crippen LogP contribution in [0.3, 0.4) is 0 Å². The van der Waals surface area contributed by atoms with Crippen LogP contribution in [0.1, 0.15) is 42.9 Å². The third kappa shape index (κ3) is 3.27. The van der Waals surface area contributed by atoms with E-state index in [1.165, 1.54) is 24.0 Å². The van der Waals surface area contributed by atoms with E-state index in [-0.39, 0.29) is 0 Å². The number of hydrogen-bond acceptors (Lipinski definition) is 2. The average molecular weight is 281 g/mol. The number of ether oxygens (including phenoxy) is 1. The van der Waals surface area contributed by atoms with Crippen LogP contribution in [0.15, 0.2) is 54.6 Å². The van der Waals surface area contributed by atoms with Gasteiger partial charge in [0.05, 0.1) is 7.11 Å². The molecular weight excluding hydrogens is 258 g/mol. The highest BCUT2D eigenvalue weighted by atomic mass is 16.5. The molecule has 21 heavy (non-hydrogen) atoms. The van der Waals surface area contributed by atoms with Gasteiger partial charge in [-0.3, -0.25) is 0 Å². The Balaban J connectivity index is 1.54. The van der Waals surface area contributed by atoms with Crippen molar-refractivity contribution in [3.05, 3.63) is 65.7 Å². The molecule has 2 heteroatoms. The molecule has 1 aliphatic rings. The van der Waals surface area contributed by atoms with Gasteiger partial charge in [-0.2, -0.15) is 0 Å². The first-order chi connectivity index (χ1) is 10.3. The van der Waals surface area contributed by atoms with E-state index in [1.54, 1.807) is 7.11 Å². The largest absolute Gasteiger partial charge is 0.497 e. The molecule has 3 rings (SSSR count). The van der Waals surface area contributed by atoms with Crippen molar-refractivity contribution >= 4 is 0 Å². The number of hydrogen-bond donors (Lipinski definition) is 1. The minimum Gasteiger partial charge on any atom is -0.497 e. The standard InChI is InChI=1S/C19H23NO/c1-14(15-7-4-3-5-8-15)20-18-11-17(12-18)16-9-6-10-19(13-16)21-2/h3-10,13-14,17-18,20H,11-12H2,1-2H3/t14-,17?,18?/m1/s1. The van der Waals surface area contributed by atoms with Crippen molar-refractivity contribution in [2.75, 3.05) is 7.11 Å². The molecule has 1 fully saturated rings. The lowest BCUT2D eigenvalue weighted by molar-refractivity contribution is 0.270. The van der Waals surface area contributed by atoms with Crippen LogP contribution in [0.4, 0.5) is 0 Å². The summed E-state index contributed by atoms with van der Waals surface area (Å²) in [6.45, 7) is 2.24. The van der Waals surface area contributed by atoms with Crippen molar-refractivity contribution in [2.24, 2.45) is 0 Å². The van der Waals surface area contributed by atoms with Crippen LogP contribution in [0.25, 0.3) is 0 Å². The highest BCUT2D eigenvalue weighted by molar-refractivity contribution is 5.32. The molecule has 0 amide bonds. The van der Waals surface area contributed by atoms with Gasteiger partial charge in [-0.25, -0.2) is 0 Å². The molecule has 0 radical (unpaired) electrons. The SMILES string of the molecule is COc1cccc(C2CC(N[C@H](C)c3ccccc3)C2)c1. The average Bonchev–Trinajstić information content (AvgIpc) is 2.51. The molecule has 0 bridgehead atoms. The van der Waals surface area contributed by atoms with Gasteiger partial charge in [0.15, 0.2) is 0 Å². The van der Waals surface area contributed by atoms with Crippen LogP contribution in [-0.4, -0.2) is 13.2 Å². The van der Waals surface area contributed by atoms with Crippen LogP contribution >= 0.6 is 0 Å². The molecular formula is C19H23NO. The van der Waals surface area contributed by atoms with E-state index in [4.69, 9.17) is 4.74 Å². The van der Waals surface area contributed by atoms with Gasteiger partial charge in [0.2, 0.25) is 0 Å². The molecule has 110 valence electrons. The zero-order chi connectivity index (χ0) is 14.7. The fraction of sp³-hybridized carbons (Fsp3) is 0.368.